The molecule has 0 spiro atoms. The van der Waals surface area contributed by atoms with E-state index in [1.807, 2.05) is 0 Å². The van der Waals surface area contributed by atoms with Crippen molar-refractivity contribution in [1.29, 1.82) is 0 Å². The molecule has 1 unspecified atom stereocenters. The summed E-state index contributed by atoms with van der Waals surface area (Å²) in [6.07, 6.45) is 0. The minimum Gasteiger partial charge on any atom is -0.320 e. The lowest BCUT2D eigenvalue weighted by Crippen LogP contribution is -2.16. The molecule has 2 rings (SSSR count). The van der Waals surface area contributed by atoms with Gasteiger partial charge in [-0.15, -0.1) is 0 Å². The van der Waals surface area contributed by atoms with Crippen LogP contribution in [-0.2, 0) is 0 Å². The van der Waals surface area contributed by atoms with E-state index in [1.54, 1.807) is 0 Å². The lowest BCUT2D eigenvalue weighted by atomic mass is 9.98. The van der Waals surface area contributed by atoms with E-state index in [9.17, 15) is 17.6 Å². The average Bonchev–Trinajstić information content (AvgIpc) is 2.26. The van der Waals surface area contributed by atoms with Crippen LogP contribution in [0.3, 0.4) is 0 Å². The highest BCUT2D eigenvalue weighted by Gasteiger charge is 2.21. The Morgan fingerprint density at radius 3 is 2.00 bits per heavy atom. The Morgan fingerprint density at radius 1 is 0.895 bits per heavy atom. The Hall–Kier alpha value is -1.59. The van der Waals surface area contributed by atoms with E-state index in [-0.39, 0.29) is 10.6 Å². The SMILES string of the molecule is NC(c1ccc(F)cc1Cl)c1c(F)cc(F)cc1F. The molecule has 6 heteroatoms. The van der Waals surface area contributed by atoms with Crippen LogP contribution in [-0.4, -0.2) is 0 Å². The Kier molecular flexibility index (Phi) is 3.78. The molecule has 2 aromatic rings. The summed E-state index contributed by atoms with van der Waals surface area (Å²) in [6, 6.07) is 3.07. The smallest absolute Gasteiger partial charge is 0.134 e. The minimum absolute atomic E-state index is 0.0596. The third-order valence-electron chi connectivity index (χ3n) is 2.65. The van der Waals surface area contributed by atoms with Crippen molar-refractivity contribution in [2.75, 3.05) is 0 Å². The fraction of sp³-hybridized carbons (Fsp3) is 0.0769. The van der Waals surface area contributed by atoms with Crippen molar-refractivity contribution in [3.05, 3.63) is 69.8 Å². The number of nitrogens with two attached hydrogens (primary N) is 1. The van der Waals surface area contributed by atoms with Crippen molar-refractivity contribution in [1.82, 2.24) is 0 Å². The molecule has 2 aromatic carbocycles. The standard InChI is InChI=1S/C13H8ClF4N/c14-9-3-6(15)1-2-8(9)13(19)12-10(17)4-7(16)5-11(12)18/h1-5,13H,19H2. The first-order valence-corrected chi connectivity index (χ1v) is 5.63. The van der Waals surface area contributed by atoms with E-state index in [0.717, 1.165) is 12.1 Å². The lowest BCUT2D eigenvalue weighted by molar-refractivity contribution is 0.515. The van der Waals surface area contributed by atoms with Gasteiger partial charge < -0.3 is 5.73 Å². The predicted molar refractivity (Wildman–Crippen MR) is 63.8 cm³/mol. The monoisotopic (exact) mass is 289 g/mol. The van der Waals surface area contributed by atoms with Gasteiger partial charge in [0.15, 0.2) is 0 Å². The van der Waals surface area contributed by atoms with Gasteiger partial charge in [0.2, 0.25) is 0 Å². The van der Waals surface area contributed by atoms with Crippen LogP contribution in [0.25, 0.3) is 0 Å². The fourth-order valence-corrected chi connectivity index (χ4v) is 2.04. The molecule has 0 amide bonds. The third-order valence-corrected chi connectivity index (χ3v) is 2.98. The zero-order chi connectivity index (χ0) is 14.2. The maximum absolute atomic E-state index is 13.6. The Bertz CT molecular complexity index is 607. The molecule has 0 aliphatic carbocycles. The molecule has 0 saturated carbocycles. The van der Waals surface area contributed by atoms with E-state index >= 15 is 0 Å². The van der Waals surface area contributed by atoms with Crippen molar-refractivity contribution in [3.63, 3.8) is 0 Å². The highest BCUT2D eigenvalue weighted by molar-refractivity contribution is 6.31. The van der Waals surface area contributed by atoms with Crippen LogP contribution in [0, 0.1) is 23.3 Å². The lowest BCUT2D eigenvalue weighted by Gasteiger charge is -2.16. The van der Waals surface area contributed by atoms with Gasteiger partial charge in [0.25, 0.3) is 0 Å². The molecule has 2 N–H and O–H groups in total. The van der Waals surface area contributed by atoms with Crippen LogP contribution in [0.4, 0.5) is 17.6 Å². The summed E-state index contributed by atoms with van der Waals surface area (Å²) >= 11 is 5.77. The van der Waals surface area contributed by atoms with Gasteiger partial charge in [-0.1, -0.05) is 17.7 Å². The van der Waals surface area contributed by atoms with Gasteiger partial charge in [-0.2, -0.15) is 0 Å². The summed E-state index contributed by atoms with van der Waals surface area (Å²) in [6.45, 7) is 0. The maximum atomic E-state index is 13.6. The number of halogens is 5. The quantitative estimate of drug-likeness (QED) is 0.833. The Labute approximate surface area is 111 Å². The van der Waals surface area contributed by atoms with Crippen molar-refractivity contribution < 1.29 is 17.6 Å². The van der Waals surface area contributed by atoms with Crippen LogP contribution in [0.1, 0.15) is 17.2 Å². The van der Waals surface area contributed by atoms with Gasteiger partial charge in [0.05, 0.1) is 6.04 Å². The minimum atomic E-state index is -1.26. The predicted octanol–water partition coefficient (Wildman–Crippen LogP) is 3.94. The first-order valence-electron chi connectivity index (χ1n) is 5.25. The molecule has 0 fully saturated rings. The van der Waals surface area contributed by atoms with E-state index in [1.165, 1.54) is 6.07 Å². The summed E-state index contributed by atoms with van der Waals surface area (Å²) in [5, 5.41) is -0.0596. The molecule has 100 valence electrons. The van der Waals surface area contributed by atoms with Crippen molar-refractivity contribution >= 4 is 11.6 Å². The van der Waals surface area contributed by atoms with Crippen LogP contribution in [0.2, 0.25) is 5.02 Å². The third kappa shape index (κ3) is 2.72. The van der Waals surface area contributed by atoms with E-state index in [2.05, 4.69) is 0 Å². The van der Waals surface area contributed by atoms with E-state index in [0.29, 0.717) is 12.1 Å². The second-order valence-corrected chi connectivity index (χ2v) is 4.33. The maximum Gasteiger partial charge on any atom is 0.134 e. The highest BCUT2D eigenvalue weighted by atomic mass is 35.5. The van der Waals surface area contributed by atoms with Gasteiger partial charge in [-0.25, -0.2) is 17.6 Å². The summed E-state index contributed by atoms with van der Waals surface area (Å²) < 4.78 is 52.9. The second-order valence-electron chi connectivity index (χ2n) is 3.93. The summed E-state index contributed by atoms with van der Waals surface area (Å²) in [4.78, 5) is 0. The van der Waals surface area contributed by atoms with E-state index < -0.39 is 34.9 Å². The van der Waals surface area contributed by atoms with Crippen LogP contribution in [0.15, 0.2) is 30.3 Å². The molecule has 0 aliphatic heterocycles. The molecule has 0 heterocycles. The van der Waals surface area contributed by atoms with Gasteiger partial charge in [0.1, 0.15) is 23.3 Å². The van der Waals surface area contributed by atoms with Crippen molar-refractivity contribution in [2.45, 2.75) is 6.04 Å². The normalized spacial score (nSPS) is 12.5. The summed E-state index contributed by atoms with van der Waals surface area (Å²) in [5.41, 5.74) is 5.34. The number of hydrogen-bond donors (Lipinski definition) is 1. The first-order chi connectivity index (χ1) is 8.90. The average molecular weight is 290 g/mol. The molecule has 1 nitrogen and oxygen atoms in total. The second kappa shape index (κ2) is 5.19. The van der Waals surface area contributed by atoms with Crippen LogP contribution in [0.5, 0.6) is 0 Å². The largest absolute Gasteiger partial charge is 0.320 e. The molecular weight excluding hydrogens is 282 g/mol. The Balaban J connectivity index is 2.53. The molecule has 0 aromatic heterocycles. The molecule has 0 saturated heterocycles. The van der Waals surface area contributed by atoms with Gasteiger partial charge >= 0.3 is 0 Å². The molecular formula is C13H8ClF4N. The zero-order valence-electron chi connectivity index (χ0n) is 9.43. The number of benzene rings is 2. The van der Waals surface area contributed by atoms with E-state index in [4.69, 9.17) is 17.3 Å². The Morgan fingerprint density at radius 2 is 1.47 bits per heavy atom. The number of rotatable bonds is 2. The molecule has 0 radical (unpaired) electrons. The molecule has 19 heavy (non-hydrogen) atoms. The van der Waals surface area contributed by atoms with Crippen LogP contribution >= 0.6 is 11.6 Å². The molecule has 0 bridgehead atoms. The van der Waals surface area contributed by atoms with Gasteiger partial charge in [-0.05, 0) is 17.7 Å². The van der Waals surface area contributed by atoms with Gasteiger partial charge in [0, 0.05) is 22.7 Å². The topological polar surface area (TPSA) is 26.0 Å². The first kappa shape index (κ1) is 13.8. The summed E-state index contributed by atoms with van der Waals surface area (Å²) in [5.74, 6) is -3.88. The van der Waals surface area contributed by atoms with Crippen molar-refractivity contribution in [3.8, 4) is 0 Å². The van der Waals surface area contributed by atoms with Crippen LogP contribution < -0.4 is 5.73 Å². The molecule has 0 aliphatic rings. The van der Waals surface area contributed by atoms with Crippen molar-refractivity contribution in [2.24, 2.45) is 5.73 Å². The summed E-state index contributed by atoms with van der Waals surface area (Å²) in [7, 11) is 0. The fourth-order valence-electron chi connectivity index (χ4n) is 1.76. The highest BCUT2D eigenvalue weighted by Crippen LogP contribution is 2.30. The number of hydrogen-bond acceptors (Lipinski definition) is 1. The molecule has 1 atom stereocenters. The van der Waals surface area contributed by atoms with Gasteiger partial charge in [-0.3, -0.25) is 0 Å². The zero-order valence-corrected chi connectivity index (χ0v) is 10.2.